The molecule has 0 aromatic heterocycles. The van der Waals surface area contributed by atoms with Crippen LogP contribution in [0.25, 0.3) is 210 Å². The van der Waals surface area contributed by atoms with Crippen molar-refractivity contribution in [3.63, 3.8) is 0 Å². The summed E-state index contributed by atoms with van der Waals surface area (Å²) < 4.78 is 0. The fraction of sp³-hybridized carbons (Fsp3) is 0. The molecule has 0 radical (unpaired) electrons. The standard InChI is InChI=1S/2C50H32BN.C42H28BN/c1-2-12-33(13-3-1)36-24-27-44-46-31-38(42-22-11-17-35-15-5-7-19-40(35)42)26-29-50(46)52-49-28-25-37(41-21-10-16-34-14-4-6-18-39(34)41)30-45(49)43-20-8-9-23-47(43)51(52)48(44)32-36;1-2-10-33(11-3-1)42-22-25-44-46-31-41(39-21-19-35-13-5-7-15-37(35)29-39)24-27-50(46)52-49-26-23-40(38-20-18-34-12-4-6-14-36(34)28-38)30-45(49)43-16-8-9-17-47(43)51(52)48(44)32-42;1-4-12-29(13-5-1)32-21-24-41-37(26-32)35-18-10-11-19-39(35)43-40-28-34(31-16-8-3-9-17-31)20-23-36(40)38-27-33(22-25-42(38)44(41)43)30-14-6-2-7-15-30/h2*1-32H;1-28H. The van der Waals surface area contributed by atoms with Gasteiger partial charge < -0.3 is 14.4 Å². The van der Waals surface area contributed by atoms with Gasteiger partial charge in [-0.2, -0.15) is 0 Å². The van der Waals surface area contributed by atoms with Crippen LogP contribution < -0.4 is 47.2 Å². The molecule has 148 heavy (non-hydrogen) atoms. The fourth-order valence-corrected chi connectivity index (χ4v) is 24.8. The van der Waals surface area contributed by atoms with Gasteiger partial charge in [-0.05, 0) is 294 Å². The molecule has 3 nitrogen and oxygen atoms in total. The number of fused-ring (bicyclic) bond motifs is 37. The van der Waals surface area contributed by atoms with Crippen molar-refractivity contribution in [2.45, 2.75) is 0 Å². The fourth-order valence-electron chi connectivity index (χ4n) is 24.8. The first-order valence-electron chi connectivity index (χ1n) is 51.5. The lowest BCUT2D eigenvalue weighted by molar-refractivity contribution is 1.35. The first kappa shape index (κ1) is 85.9. The third kappa shape index (κ3) is 14.5. The Morgan fingerprint density at radius 2 is 0.304 bits per heavy atom. The molecule has 0 bridgehead atoms. The Bertz CT molecular complexity index is 9650. The van der Waals surface area contributed by atoms with E-state index in [1.165, 1.54) is 277 Å². The highest BCUT2D eigenvalue weighted by Gasteiger charge is 2.47. The lowest BCUT2D eigenvalue weighted by atomic mass is 9.43. The van der Waals surface area contributed by atoms with Gasteiger partial charge in [-0.3, -0.25) is 0 Å². The van der Waals surface area contributed by atoms with Crippen molar-refractivity contribution in [3.05, 3.63) is 558 Å². The van der Waals surface area contributed by atoms with Crippen molar-refractivity contribution >= 4 is 131 Å². The van der Waals surface area contributed by atoms with Crippen LogP contribution in [0.5, 0.6) is 0 Å². The molecule has 0 amide bonds. The van der Waals surface area contributed by atoms with Crippen molar-refractivity contribution in [2.75, 3.05) is 14.4 Å². The monoisotopic (exact) mass is 1870 g/mol. The summed E-state index contributed by atoms with van der Waals surface area (Å²) in [6.45, 7) is 0.129. The largest absolute Gasteiger partial charge is 0.376 e. The lowest BCUT2D eigenvalue weighted by Gasteiger charge is -2.43. The normalized spacial score (nSPS) is 12.5. The second-order valence-electron chi connectivity index (χ2n) is 39.9. The van der Waals surface area contributed by atoms with Gasteiger partial charge >= 0.3 is 20.5 Å². The molecule has 0 unspecified atom stereocenters. The number of hydrogen-bond acceptors (Lipinski definition) is 3. The Hall–Kier alpha value is -18.9. The van der Waals surface area contributed by atoms with E-state index >= 15 is 0 Å². The van der Waals surface area contributed by atoms with Gasteiger partial charge in [0.05, 0.1) is 0 Å². The molecular formula is C142H92B3N3. The number of rotatable bonds is 9. The van der Waals surface area contributed by atoms with E-state index in [0.717, 1.165) is 0 Å². The number of anilines is 6. The molecule has 25 aromatic carbocycles. The molecule has 6 aliphatic rings. The molecule has 6 heterocycles. The molecule has 0 atom stereocenters. The van der Waals surface area contributed by atoms with Gasteiger partial charge in [-0.25, -0.2) is 0 Å². The van der Waals surface area contributed by atoms with Gasteiger partial charge in [-0.1, -0.05) is 473 Å². The van der Waals surface area contributed by atoms with E-state index < -0.39 is 0 Å². The van der Waals surface area contributed by atoms with Gasteiger partial charge in [0, 0.05) is 67.5 Å². The van der Waals surface area contributed by atoms with Gasteiger partial charge in [0.25, 0.3) is 0 Å². The molecule has 0 saturated heterocycles. The van der Waals surface area contributed by atoms with Crippen molar-refractivity contribution < 1.29 is 0 Å². The minimum atomic E-state index is 0.0293. The molecule has 0 saturated carbocycles. The molecule has 6 aliphatic heterocycles. The summed E-state index contributed by atoms with van der Waals surface area (Å²) in [6, 6.07) is 206. The molecular weight excluding hydrogens is 1780 g/mol. The van der Waals surface area contributed by atoms with Crippen LogP contribution in [0.3, 0.4) is 0 Å². The maximum atomic E-state index is 2.61. The molecule has 0 spiro atoms. The Kier molecular flexibility index (Phi) is 20.7. The third-order valence-electron chi connectivity index (χ3n) is 31.8. The molecule has 6 heteroatoms. The summed E-state index contributed by atoms with van der Waals surface area (Å²) in [5.74, 6) is 0. The van der Waals surface area contributed by atoms with Crippen molar-refractivity contribution in [3.8, 4) is 167 Å². The molecule has 25 aromatic rings. The summed E-state index contributed by atoms with van der Waals surface area (Å²) in [5, 5.41) is 10.1. The van der Waals surface area contributed by atoms with E-state index in [4.69, 9.17) is 0 Å². The van der Waals surface area contributed by atoms with Crippen LogP contribution in [0.2, 0.25) is 0 Å². The summed E-state index contributed by atoms with van der Waals surface area (Å²) in [5.41, 5.74) is 53.2. The van der Waals surface area contributed by atoms with Crippen LogP contribution in [-0.2, 0) is 0 Å². The lowest BCUT2D eigenvalue weighted by Crippen LogP contribution is -2.59. The van der Waals surface area contributed by atoms with Crippen LogP contribution in [0.1, 0.15) is 0 Å². The second kappa shape index (κ2) is 35.6. The summed E-state index contributed by atoms with van der Waals surface area (Å²) in [7, 11) is 0. The van der Waals surface area contributed by atoms with Crippen molar-refractivity contribution in [1.29, 1.82) is 0 Å². The third-order valence-corrected chi connectivity index (χ3v) is 31.8. The maximum Gasteiger partial charge on any atom is 0.329 e. The first-order valence-corrected chi connectivity index (χ1v) is 51.5. The van der Waals surface area contributed by atoms with E-state index in [9.17, 15) is 0 Å². The minimum absolute atomic E-state index is 0.0293. The van der Waals surface area contributed by atoms with Gasteiger partial charge in [-0.15, -0.1) is 0 Å². The van der Waals surface area contributed by atoms with Crippen LogP contribution in [0.4, 0.5) is 34.1 Å². The summed E-state index contributed by atoms with van der Waals surface area (Å²) >= 11 is 0. The zero-order valence-corrected chi connectivity index (χ0v) is 81.2. The molecule has 0 fully saturated rings. The average molecular weight is 1870 g/mol. The van der Waals surface area contributed by atoms with E-state index in [1.807, 2.05) is 0 Å². The highest BCUT2D eigenvalue weighted by atomic mass is 15.1. The quantitative estimate of drug-likeness (QED) is 0.133. The van der Waals surface area contributed by atoms with Crippen LogP contribution >= 0.6 is 0 Å². The van der Waals surface area contributed by atoms with E-state index in [-0.39, 0.29) is 20.5 Å². The van der Waals surface area contributed by atoms with Crippen molar-refractivity contribution in [2.24, 2.45) is 0 Å². The highest BCUT2D eigenvalue weighted by molar-refractivity contribution is 6.94. The summed E-state index contributed by atoms with van der Waals surface area (Å²) in [4.78, 5) is 7.82. The van der Waals surface area contributed by atoms with E-state index in [0.29, 0.717) is 0 Å². The second-order valence-corrected chi connectivity index (χ2v) is 39.9. The van der Waals surface area contributed by atoms with Gasteiger partial charge in [0.2, 0.25) is 0 Å². The molecule has 0 N–H and O–H groups in total. The zero-order chi connectivity index (χ0) is 97.4. The van der Waals surface area contributed by atoms with E-state index in [2.05, 4.69) is 573 Å². The Labute approximate surface area is 863 Å². The maximum absolute atomic E-state index is 2.61. The smallest absolute Gasteiger partial charge is 0.329 e. The van der Waals surface area contributed by atoms with Crippen LogP contribution in [0, 0.1) is 0 Å². The van der Waals surface area contributed by atoms with Crippen LogP contribution in [-0.4, -0.2) is 20.5 Å². The van der Waals surface area contributed by atoms with Crippen LogP contribution in [0.15, 0.2) is 558 Å². The van der Waals surface area contributed by atoms with Gasteiger partial charge in [0.1, 0.15) is 0 Å². The average Bonchev–Trinajstić information content (AvgIpc) is 0.708. The van der Waals surface area contributed by atoms with E-state index in [1.54, 1.807) is 0 Å². The predicted molar refractivity (Wildman–Crippen MR) is 632 cm³/mol. The molecule has 0 aliphatic carbocycles. The predicted octanol–water partition coefficient (Wildman–Crippen LogP) is 33.4. The Balaban J connectivity index is 0.000000105. The first-order chi connectivity index (χ1) is 73.4. The number of benzene rings is 25. The van der Waals surface area contributed by atoms with Gasteiger partial charge in [0.15, 0.2) is 0 Å². The SMILES string of the molecule is c1ccc(-c2ccc3c(c2)B2c4ccccc4-c4cc(-c5ccc6ccccc6c5)ccc4N2c2ccc(-c4ccc5ccccc5c4)cc2-3)cc1.c1ccc(-c2ccc3c(c2)B2c4ccccc4-c4cc(-c5cccc6ccccc56)ccc4N2c2ccc(-c4cccc5ccccc45)cc2-3)cc1.c1ccc(-c2ccc3c(c2)B2c4ccccc4-c4cc(-c5ccccc5)ccc4N2c2ccc(-c4ccccc4)cc2-3)cc1. The minimum Gasteiger partial charge on any atom is -0.376 e. The summed E-state index contributed by atoms with van der Waals surface area (Å²) in [6.07, 6.45) is 0. The Morgan fingerprint density at radius 3 is 0.615 bits per heavy atom. The molecule has 684 valence electrons. The van der Waals surface area contributed by atoms with Crippen molar-refractivity contribution in [1.82, 2.24) is 0 Å². The number of hydrogen-bond donors (Lipinski definition) is 0. The topological polar surface area (TPSA) is 9.72 Å². The molecule has 31 rings (SSSR count). The number of nitrogens with zero attached hydrogens (tertiary/aromatic N) is 3. The highest BCUT2D eigenvalue weighted by Crippen LogP contribution is 2.55. The Morgan fingerprint density at radius 1 is 0.101 bits per heavy atom. The zero-order valence-electron chi connectivity index (χ0n) is 81.2.